The lowest BCUT2D eigenvalue weighted by atomic mass is 9.73. The zero-order valence-electron chi connectivity index (χ0n) is 20.3. The summed E-state index contributed by atoms with van der Waals surface area (Å²) in [5.41, 5.74) is 0.996. The molecule has 2 aromatic carbocycles. The second kappa shape index (κ2) is 11.6. The van der Waals surface area contributed by atoms with E-state index in [-0.39, 0.29) is 11.7 Å². The van der Waals surface area contributed by atoms with Crippen LogP contribution in [0.25, 0.3) is 0 Å². The number of nitrogens with zero attached hydrogens (tertiary/aromatic N) is 1. The topological polar surface area (TPSA) is 72.8 Å². The smallest absolute Gasteiger partial charge is 0.252 e. The molecule has 5 nitrogen and oxygen atoms in total. The van der Waals surface area contributed by atoms with Crippen LogP contribution >= 0.6 is 11.8 Å². The van der Waals surface area contributed by atoms with Crippen molar-refractivity contribution in [2.24, 2.45) is 11.8 Å². The first-order valence-electron chi connectivity index (χ1n) is 12.6. The summed E-state index contributed by atoms with van der Waals surface area (Å²) in [5, 5.41) is 24.5. The number of phenolic OH excluding ortho intramolecular Hbond substituents is 1. The van der Waals surface area contributed by atoms with Crippen LogP contribution in [0.15, 0.2) is 53.4 Å². The van der Waals surface area contributed by atoms with E-state index in [0.717, 1.165) is 23.3 Å². The molecule has 2 aliphatic rings. The molecular formula is C28H38N2O3S. The fraction of sp³-hybridized carbons (Fsp3) is 0.536. The van der Waals surface area contributed by atoms with Crippen LogP contribution in [0.2, 0.25) is 0 Å². The first kappa shape index (κ1) is 25.1. The van der Waals surface area contributed by atoms with Gasteiger partial charge in [-0.3, -0.25) is 9.69 Å². The van der Waals surface area contributed by atoms with Gasteiger partial charge in [-0.1, -0.05) is 43.5 Å². The molecule has 34 heavy (non-hydrogen) atoms. The maximum Gasteiger partial charge on any atom is 0.252 e. The Balaban J connectivity index is 1.46. The molecule has 0 bridgehead atoms. The van der Waals surface area contributed by atoms with Gasteiger partial charge in [0.1, 0.15) is 5.75 Å². The molecule has 3 N–H and O–H groups in total. The van der Waals surface area contributed by atoms with Crippen LogP contribution in [0.3, 0.4) is 0 Å². The average molecular weight is 483 g/mol. The van der Waals surface area contributed by atoms with Gasteiger partial charge in [-0.15, -0.1) is 11.8 Å². The molecule has 184 valence electrons. The van der Waals surface area contributed by atoms with Crippen LogP contribution in [-0.2, 0) is 0 Å². The Labute approximate surface area is 207 Å². The first-order valence-corrected chi connectivity index (χ1v) is 13.6. The molecule has 2 fully saturated rings. The Kier molecular flexibility index (Phi) is 8.56. The quantitative estimate of drug-likeness (QED) is 0.469. The van der Waals surface area contributed by atoms with Gasteiger partial charge in [0.2, 0.25) is 0 Å². The summed E-state index contributed by atoms with van der Waals surface area (Å²) in [6, 6.07) is 15.1. The lowest BCUT2D eigenvalue weighted by molar-refractivity contribution is 0.00588. The molecule has 0 spiro atoms. The summed E-state index contributed by atoms with van der Waals surface area (Å²) in [6.07, 6.45) is 5.85. The van der Waals surface area contributed by atoms with Gasteiger partial charge >= 0.3 is 0 Å². The molecule has 6 heteroatoms. The number of piperidine rings is 1. The van der Waals surface area contributed by atoms with Gasteiger partial charge in [0, 0.05) is 40.9 Å². The lowest BCUT2D eigenvalue weighted by Gasteiger charge is -2.46. The van der Waals surface area contributed by atoms with E-state index >= 15 is 0 Å². The summed E-state index contributed by atoms with van der Waals surface area (Å²) in [5.74, 6) is 1.98. The molecule has 1 saturated heterocycles. The maximum atomic E-state index is 13.1. The molecule has 4 rings (SSSR count). The monoisotopic (exact) mass is 482 g/mol. The molecule has 1 aliphatic heterocycles. The van der Waals surface area contributed by atoms with Gasteiger partial charge in [0.25, 0.3) is 5.91 Å². The van der Waals surface area contributed by atoms with E-state index in [9.17, 15) is 15.0 Å². The first-order chi connectivity index (χ1) is 16.4. The van der Waals surface area contributed by atoms with Crippen LogP contribution in [-0.4, -0.2) is 58.1 Å². The van der Waals surface area contributed by atoms with E-state index in [2.05, 4.69) is 17.1 Å². The van der Waals surface area contributed by atoms with Gasteiger partial charge in [0.05, 0.1) is 12.1 Å². The van der Waals surface area contributed by atoms with E-state index in [1.807, 2.05) is 30.3 Å². The number of carbonyl (C=O) groups is 1. The SMILES string of the molecule is Cc1c(O)cccc1C(=O)NC(CSc1ccccc1)[C@H](O)CN1CC2CCCCC2C[C@H]1C. The van der Waals surface area contributed by atoms with Crippen molar-refractivity contribution in [3.8, 4) is 5.75 Å². The van der Waals surface area contributed by atoms with E-state index in [1.54, 1.807) is 36.9 Å². The number of aliphatic hydroxyl groups is 1. The van der Waals surface area contributed by atoms with Gasteiger partial charge in [-0.05, 0) is 62.8 Å². The predicted octanol–water partition coefficient (Wildman–Crippen LogP) is 4.85. The zero-order valence-corrected chi connectivity index (χ0v) is 21.1. The van der Waals surface area contributed by atoms with Gasteiger partial charge in [0.15, 0.2) is 0 Å². The Morgan fingerprint density at radius 2 is 1.85 bits per heavy atom. The number of rotatable bonds is 8. The van der Waals surface area contributed by atoms with Crippen LogP contribution in [0.5, 0.6) is 5.75 Å². The third kappa shape index (κ3) is 6.15. The number of likely N-dealkylation sites (tertiary alicyclic amines) is 1. The Morgan fingerprint density at radius 1 is 1.12 bits per heavy atom. The lowest BCUT2D eigenvalue weighted by Crippen LogP contribution is -2.54. The Morgan fingerprint density at radius 3 is 2.62 bits per heavy atom. The van der Waals surface area contributed by atoms with Crippen LogP contribution in [0, 0.1) is 18.8 Å². The van der Waals surface area contributed by atoms with E-state index in [4.69, 9.17) is 0 Å². The molecule has 1 saturated carbocycles. The third-order valence-electron chi connectivity index (χ3n) is 7.73. The normalized spacial score (nSPS) is 24.7. The number of β-amino-alcohol motifs (C(OH)–C–C–N with tert-alkyl or cyclic N) is 1. The number of fused-ring (bicyclic) bond motifs is 1. The highest BCUT2D eigenvalue weighted by molar-refractivity contribution is 7.99. The number of thioether (sulfide) groups is 1. The van der Waals surface area contributed by atoms with Crippen molar-refractivity contribution in [3.05, 3.63) is 59.7 Å². The van der Waals surface area contributed by atoms with Gasteiger partial charge < -0.3 is 15.5 Å². The minimum absolute atomic E-state index is 0.104. The zero-order chi connectivity index (χ0) is 24.1. The highest BCUT2D eigenvalue weighted by Gasteiger charge is 2.36. The molecule has 1 heterocycles. The van der Waals surface area contributed by atoms with Crippen molar-refractivity contribution in [3.63, 3.8) is 0 Å². The second-order valence-electron chi connectivity index (χ2n) is 10.1. The number of nitrogens with one attached hydrogen (secondary N) is 1. The molecule has 1 aliphatic carbocycles. The number of hydrogen-bond donors (Lipinski definition) is 3. The molecule has 0 radical (unpaired) electrons. The summed E-state index contributed by atoms with van der Waals surface area (Å²) in [7, 11) is 0. The third-order valence-corrected chi connectivity index (χ3v) is 8.86. The molecule has 2 aromatic rings. The minimum atomic E-state index is -0.680. The number of aliphatic hydroxyl groups excluding tert-OH is 1. The highest BCUT2D eigenvalue weighted by atomic mass is 32.2. The molecular weight excluding hydrogens is 444 g/mol. The number of carbonyl (C=O) groups excluding carboxylic acids is 1. The molecule has 1 amide bonds. The Bertz CT molecular complexity index is 954. The fourth-order valence-corrected chi connectivity index (χ4v) is 6.62. The minimum Gasteiger partial charge on any atom is -0.508 e. The van der Waals surface area contributed by atoms with Crippen molar-refractivity contribution >= 4 is 17.7 Å². The van der Waals surface area contributed by atoms with Crippen molar-refractivity contribution in [1.82, 2.24) is 10.2 Å². The number of benzene rings is 2. The number of hydrogen-bond acceptors (Lipinski definition) is 5. The average Bonchev–Trinajstić information content (AvgIpc) is 2.84. The number of aromatic hydroxyl groups is 1. The maximum absolute atomic E-state index is 13.1. The number of phenols is 1. The van der Waals surface area contributed by atoms with E-state index in [0.29, 0.717) is 29.5 Å². The fourth-order valence-electron chi connectivity index (χ4n) is 5.59. The second-order valence-corrected chi connectivity index (χ2v) is 11.2. The largest absolute Gasteiger partial charge is 0.508 e. The summed E-state index contributed by atoms with van der Waals surface area (Å²) < 4.78 is 0. The molecule has 5 atom stereocenters. The standard InChI is InChI=1S/C28H38N2O3S/c1-19-15-21-9-6-7-10-22(21)16-30(19)17-27(32)25(18-34-23-11-4-3-5-12-23)29-28(33)24-13-8-14-26(31)20(24)2/h3-5,8,11-14,19,21-22,25,27,31-32H,6-7,9-10,15-18H2,1-2H3,(H,29,33)/t19-,21?,22?,25?,27-/m1/s1. The van der Waals surface area contributed by atoms with Gasteiger partial charge in [-0.2, -0.15) is 0 Å². The van der Waals surface area contributed by atoms with E-state index < -0.39 is 12.1 Å². The molecule has 0 aromatic heterocycles. The van der Waals surface area contributed by atoms with E-state index in [1.165, 1.54) is 32.1 Å². The van der Waals surface area contributed by atoms with Crippen molar-refractivity contribution < 1.29 is 15.0 Å². The van der Waals surface area contributed by atoms with Crippen LogP contribution in [0.4, 0.5) is 0 Å². The van der Waals surface area contributed by atoms with Crippen LogP contribution in [0.1, 0.15) is 54.9 Å². The van der Waals surface area contributed by atoms with Crippen LogP contribution < -0.4 is 5.32 Å². The van der Waals surface area contributed by atoms with Crippen molar-refractivity contribution in [2.75, 3.05) is 18.8 Å². The summed E-state index contributed by atoms with van der Waals surface area (Å²) in [4.78, 5) is 16.7. The van der Waals surface area contributed by atoms with Crippen molar-refractivity contribution in [1.29, 1.82) is 0 Å². The van der Waals surface area contributed by atoms with Gasteiger partial charge in [-0.25, -0.2) is 0 Å². The summed E-state index contributed by atoms with van der Waals surface area (Å²) in [6.45, 7) is 5.62. The highest BCUT2D eigenvalue weighted by Crippen LogP contribution is 2.38. The van der Waals surface area contributed by atoms with Crippen molar-refractivity contribution in [2.45, 2.75) is 69.0 Å². The summed E-state index contributed by atoms with van der Waals surface area (Å²) >= 11 is 1.64. The predicted molar refractivity (Wildman–Crippen MR) is 138 cm³/mol. The number of amides is 1. The Hall–Kier alpha value is -2.02. The molecule has 3 unspecified atom stereocenters.